The predicted octanol–water partition coefficient (Wildman–Crippen LogP) is 1.07. The average Bonchev–Trinajstić information content (AvgIpc) is 2.29. The van der Waals surface area contributed by atoms with Gasteiger partial charge in [0.25, 0.3) is 5.91 Å². The number of nitrogens with zero attached hydrogens (tertiary/aromatic N) is 2. The van der Waals surface area contributed by atoms with Gasteiger partial charge in [-0.1, -0.05) is 11.6 Å². The molecule has 0 aliphatic rings. The summed E-state index contributed by atoms with van der Waals surface area (Å²) in [6.45, 7) is 0. The Morgan fingerprint density at radius 1 is 1.41 bits per heavy atom. The van der Waals surface area contributed by atoms with Gasteiger partial charge in [-0.3, -0.25) is 14.6 Å². The first-order chi connectivity index (χ1) is 8.15. The van der Waals surface area contributed by atoms with Crippen LogP contribution in [-0.2, 0) is 0 Å². The van der Waals surface area contributed by atoms with E-state index in [0.717, 1.165) is 0 Å². The third-order valence-electron chi connectivity index (χ3n) is 1.88. The number of nitrogens with one attached hydrogen (secondary N) is 2. The molecule has 6 nitrogen and oxygen atoms in total. The van der Waals surface area contributed by atoms with E-state index in [9.17, 15) is 9.59 Å². The van der Waals surface area contributed by atoms with Gasteiger partial charge in [-0.15, -0.1) is 0 Å². The first kappa shape index (κ1) is 11.3. The molecule has 0 aromatic carbocycles. The second-order valence-corrected chi connectivity index (χ2v) is 3.51. The van der Waals surface area contributed by atoms with Crippen LogP contribution in [-0.4, -0.2) is 20.9 Å². The van der Waals surface area contributed by atoms with Gasteiger partial charge in [0, 0.05) is 17.8 Å². The second-order valence-electron chi connectivity index (χ2n) is 3.12. The molecule has 2 heterocycles. The van der Waals surface area contributed by atoms with Crippen LogP contribution in [0.25, 0.3) is 0 Å². The molecular weight excluding hydrogens is 244 g/mol. The molecule has 0 bridgehead atoms. The summed E-state index contributed by atoms with van der Waals surface area (Å²) in [5.74, 6) is -0.226. The number of aromatic nitrogens is 3. The SMILES string of the molecule is O=C(Nc1cncc(Cl)n1)c1cc[nH]c(=O)c1. The number of carbonyl (C=O) groups is 1. The van der Waals surface area contributed by atoms with Crippen molar-refractivity contribution in [2.24, 2.45) is 0 Å². The van der Waals surface area contributed by atoms with E-state index < -0.39 is 5.91 Å². The standard InChI is InChI=1S/C10H7ClN4O2/c11-7-4-12-5-8(14-7)15-10(17)6-1-2-13-9(16)3-6/h1-5H,(H,13,16)(H,14,15,17). The Kier molecular flexibility index (Phi) is 3.15. The Balaban J connectivity index is 2.20. The Labute approximate surface area is 101 Å². The Bertz CT molecular complexity index is 611. The van der Waals surface area contributed by atoms with Crippen LogP contribution in [0.15, 0.2) is 35.5 Å². The van der Waals surface area contributed by atoms with Crippen molar-refractivity contribution in [2.75, 3.05) is 5.32 Å². The first-order valence-corrected chi connectivity index (χ1v) is 5.00. The van der Waals surface area contributed by atoms with Gasteiger partial charge in [0.15, 0.2) is 5.82 Å². The minimum atomic E-state index is -0.451. The van der Waals surface area contributed by atoms with Crippen molar-refractivity contribution in [2.45, 2.75) is 0 Å². The molecule has 86 valence electrons. The van der Waals surface area contributed by atoms with Crippen molar-refractivity contribution in [3.05, 3.63) is 51.8 Å². The lowest BCUT2D eigenvalue weighted by Gasteiger charge is -2.03. The normalized spacial score (nSPS) is 9.94. The van der Waals surface area contributed by atoms with Gasteiger partial charge < -0.3 is 10.3 Å². The number of anilines is 1. The number of hydrogen-bond donors (Lipinski definition) is 2. The highest BCUT2D eigenvalue weighted by Gasteiger charge is 2.07. The number of aromatic amines is 1. The Morgan fingerprint density at radius 3 is 2.94 bits per heavy atom. The van der Waals surface area contributed by atoms with Crippen molar-refractivity contribution < 1.29 is 4.79 Å². The Morgan fingerprint density at radius 2 is 2.24 bits per heavy atom. The smallest absolute Gasteiger partial charge is 0.257 e. The minimum absolute atomic E-state index is 0.175. The quantitative estimate of drug-likeness (QED) is 0.835. The van der Waals surface area contributed by atoms with Gasteiger partial charge >= 0.3 is 0 Å². The lowest BCUT2D eigenvalue weighted by atomic mass is 10.2. The van der Waals surface area contributed by atoms with Crippen LogP contribution in [0.1, 0.15) is 10.4 Å². The van der Waals surface area contributed by atoms with Gasteiger partial charge in [0.2, 0.25) is 5.56 Å². The van der Waals surface area contributed by atoms with E-state index in [1.807, 2.05) is 0 Å². The molecule has 0 spiro atoms. The number of rotatable bonds is 2. The molecule has 0 saturated heterocycles. The summed E-state index contributed by atoms with van der Waals surface area (Å²) in [7, 11) is 0. The molecule has 0 unspecified atom stereocenters. The summed E-state index contributed by atoms with van der Waals surface area (Å²) in [4.78, 5) is 32.8. The predicted molar refractivity (Wildman–Crippen MR) is 62.1 cm³/mol. The van der Waals surface area contributed by atoms with Crippen LogP contribution in [0.4, 0.5) is 5.82 Å². The fourth-order valence-electron chi connectivity index (χ4n) is 1.18. The lowest BCUT2D eigenvalue weighted by Crippen LogP contribution is -2.16. The van der Waals surface area contributed by atoms with Crippen LogP contribution in [0.2, 0.25) is 5.15 Å². The molecule has 1 amide bonds. The third kappa shape index (κ3) is 2.88. The molecule has 2 aromatic heterocycles. The summed E-state index contributed by atoms with van der Waals surface area (Å²) < 4.78 is 0. The summed E-state index contributed by atoms with van der Waals surface area (Å²) in [5, 5.41) is 2.65. The van der Waals surface area contributed by atoms with Gasteiger partial charge in [0.1, 0.15) is 5.15 Å². The Hall–Kier alpha value is -2.21. The molecule has 0 aliphatic heterocycles. The van der Waals surface area contributed by atoms with Crippen molar-refractivity contribution in [3.63, 3.8) is 0 Å². The number of hydrogen-bond acceptors (Lipinski definition) is 4. The highest BCUT2D eigenvalue weighted by atomic mass is 35.5. The molecule has 0 atom stereocenters. The first-order valence-electron chi connectivity index (χ1n) is 4.63. The van der Waals surface area contributed by atoms with Crippen molar-refractivity contribution in [1.29, 1.82) is 0 Å². The van der Waals surface area contributed by atoms with Crippen molar-refractivity contribution >= 4 is 23.3 Å². The fraction of sp³-hybridized carbons (Fsp3) is 0. The number of carbonyl (C=O) groups excluding carboxylic acids is 1. The molecule has 0 fully saturated rings. The third-order valence-corrected chi connectivity index (χ3v) is 2.07. The van der Waals surface area contributed by atoms with E-state index in [1.54, 1.807) is 0 Å². The van der Waals surface area contributed by atoms with E-state index in [-0.39, 0.29) is 22.1 Å². The van der Waals surface area contributed by atoms with Crippen LogP contribution in [0.3, 0.4) is 0 Å². The van der Waals surface area contributed by atoms with E-state index in [4.69, 9.17) is 11.6 Å². The zero-order valence-electron chi connectivity index (χ0n) is 8.48. The van der Waals surface area contributed by atoms with Crippen LogP contribution >= 0.6 is 11.6 Å². The second kappa shape index (κ2) is 4.75. The molecule has 0 saturated carbocycles. The average molecular weight is 251 g/mol. The summed E-state index contributed by atoms with van der Waals surface area (Å²) >= 11 is 5.62. The molecule has 7 heteroatoms. The highest BCUT2D eigenvalue weighted by molar-refractivity contribution is 6.29. The summed E-state index contributed by atoms with van der Waals surface area (Å²) in [6, 6.07) is 2.67. The topological polar surface area (TPSA) is 87.7 Å². The molecule has 2 N–H and O–H groups in total. The molecule has 2 aromatic rings. The summed E-state index contributed by atoms with van der Waals surface area (Å²) in [5.41, 5.74) is -0.120. The van der Waals surface area contributed by atoms with E-state index in [1.165, 1.54) is 30.7 Å². The monoisotopic (exact) mass is 250 g/mol. The van der Waals surface area contributed by atoms with Crippen molar-refractivity contribution in [3.8, 4) is 0 Å². The molecule has 0 radical (unpaired) electrons. The van der Waals surface area contributed by atoms with Gasteiger partial charge in [-0.05, 0) is 6.07 Å². The largest absolute Gasteiger partial charge is 0.329 e. The van der Waals surface area contributed by atoms with E-state index in [0.29, 0.717) is 0 Å². The lowest BCUT2D eigenvalue weighted by molar-refractivity contribution is 0.102. The zero-order valence-corrected chi connectivity index (χ0v) is 9.23. The zero-order chi connectivity index (χ0) is 12.3. The highest BCUT2D eigenvalue weighted by Crippen LogP contribution is 2.07. The molecular formula is C10H7ClN4O2. The van der Waals surface area contributed by atoms with Gasteiger partial charge in [0.05, 0.1) is 12.4 Å². The fourth-order valence-corrected chi connectivity index (χ4v) is 1.32. The van der Waals surface area contributed by atoms with E-state index in [2.05, 4.69) is 20.3 Å². The molecule has 2 rings (SSSR count). The van der Waals surface area contributed by atoms with Gasteiger partial charge in [-0.25, -0.2) is 4.98 Å². The number of halogens is 1. The maximum Gasteiger partial charge on any atom is 0.257 e. The van der Waals surface area contributed by atoms with Gasteiger partial charge in [-0.2, -0.15) is 0 Å². The number of pyridine rings is 1. The van der Waals surface area contributed by atoms with Crippen LogP contribution < -0.4 is 10.9 Å². The summed E-state index contributed by atoms with van der Waals surface area (Å²) in [6.07, 6.45) is 4.10. The van der Waals surface area contributed by atoms with Crippen molar-refractivity contribution in [1.82, 2.24) is 15.0 Å². The van der Waals surface area contributed by atoms with E-state index >= 15 is 0 Å². The number of amides is 1. The molecule has 17 heavy (non-hydrogen) atoms. The number of H-pyrrole nitrogens is 1. The van der Waals surface area contributed by atoms with Crippen LogP contribution in [0.5, 0.6) is 0 Å². The minimum Gasteiger partial charge on any atom is -0.329 e. The molecule has 0 aliphatic carbocycles. The van der Waals surface area contributed by atoms with Crippen LogP contribution in [0, 0.1) is 0 Å². The maximum atomic E-state index is 11.7. The maximum absolute atomic E-state index is 11.7.